The summed E-state index contributed by atoms with van der Waals surface area (Å²) in [4.78, 5) is 0. The number of hydrazone groups is 1. The van der Waals surface area contributed by atoms with E-state index in [4.69, 9.17) is 29.6 Å². The Morgan fingerprint density at radius 2 is 1.96 bits per heavy atom. The van der Waals surface area contributed by atoms with E-state index in [9.17, 15) is 0 Å². The van der Waals surface area contributed by atoms with Gasteiger partial charge in [-0.25, -0.2) is 0 Å². The molecule has 3 N–H and O–H groups in total. The third-order valence-corrected chi connectivity index (χ3v) is 4.39. The van der Waals surface area contributed by atoms with E-state index in [1.54, 1.807) is 6.21 Å². The first kappa shape index (κ1) is 16.5. The molecule has 0 bridgehead atoms. The summed E-state index contributed by atoms with van der Waals surface area (Å²) in [7, 11) is 0. The summed E-state index contributed by atoms with van der Waals surface area (Å²) in [6.07, 6.45) is 1.75. The molecule has 122 valence electrons. The van der Waals surface area contributed by atoms with Gasteiger partial charge in [0, 0.05) is 33.7 Å². The van der Waals surface area contributed by atoms with Crippen LogP contribution in [0, 0.1) is 6.92 Å². The summed E-state index contributed by atoms with van der Waals surface area (Å²) in [5, 5.41) is 6.14. The number of benzene rings is 2. The molecule has 0 unspecified atom stereocenters. The summed E-state index contributed by atoms with van der Waals surface area (Å²) in [6.45, 7) is 2.77. The van der Waals surface area contributed by atoms with Crippen molar-refractivity contribution in [2.75, 3.05) is 0 Å². The van der Waals surface area contributed by atoms with Gasteiger partial charge in [0.05, 0.1) is 6.21 Å². The number of hydrogen-bond acceptors (Lipinski definition) is 2. The predicted octanol–water partition coefficient (Wildman–Crippen LogP) is 3.82. The van der Waals surface area contributed by atoms with Crippen molar-refractivity contribution in [3.63, 3.8) is 0 Å². The number of halogens is 1. The van der Waals surface area contributed by atoms with E-state index in [1.165, 1.54) is 0 Å². The van der Waals surface area contributed by atoms with Crippen molar-refractivity contribution >= 4 is 46.0 Å². The Labute approximate surface area is 150 Å². The van der Waals surface area contributed by atoms with Crippen LogP contribution in [0.4, 0.5) is 0 Å². The van der Waals surface area contributed by atoms with Crippen molar-refractivity contribution in [2.45, 2.75) is 13.5 Å². The quantitative estimate of drug-likeness (QED) is 0.424. The Bertz CT molecular complexity index is 930. The van der Waals surface area contributed by atoms with Crippen molar-refractivity contribution in [3.05, 3.63) is 70.4 Å². The number of thiocarbonyl (C=S) groups is 1. The van der Waals surface area contributed by atoms with Gasteiger partial charge in [-0.05, 0) is 36.8 Å². The van der Waals surface area contributed by atoms with E-state index >= 15 is 0 Å². The Kier molecular flexibility index (Phi) is 4.83. The molecule has 2 aromatic carbocycles. The number of aromatic nitrogens is 1. The van der Waals surface area contributed by atoms with Gasteiger partial charge < -0.3 is 10.3 Å². The minimum absolute atomic E-state index is 0.142. The Hall–Kier alpha value is -2.37. The Morgan fingerprint density at radius 1 is 1.25 bits per heavy atom. The van der Waals surface area contributed by atoms with Gasteiger partial charge in [0.2, 0.25) is 0 Å². The molecule has 0 saturated carbocycles. The van der Waals surface area contributed by atoms with Gasteiger partial charge in [-0.2, -0.15) is 5.10 Å². The first-order valence-corrected chi connectivity index (χ1v) is 8.26. The summed E-state index contributed by atoms with van der Waals surface area (Å²) in [6, 6.07) is 16.1. The lowest BCUT2D eigenvalue weighted by Gasteiger charge is -2.10. The van der Waals surface area contributed by atoms with E-state index in [2.05, 4.69) is 34.2 Å². The van der Waals surface area contributed by atoms with Crippen LogP contribution in [0.15, 0.2) is 53.6 Å². The largest absolute Gasteiger partial charge is 0.375 e. The van der Waals surface area contributed by atoms with Crippen LogP contribution in [-0.4, -0.2) is 15.9 Å². The topological polar surface area (TPSA) is 55.3 Å². The Morgan fingerprint density at radius 3 is 2.71 bits per heavy atom. The second kappa shape index (κ2) is 7.03. The first-order chi connectivity index (χ1) is 11.6. The van der Waals surface area contributed by atoms with Crippen molar-refractivity contribution < 1.29 is 0 Å². The molecule has 0 aliphatic heterocycles. The minimum Gasteiger partial charge on any atom is -0.375 e. The molecule has 0 saturated heterocycles. The molecule has 0 aliphatic carbocycles. The van der Waals surface area contributed by atoms with Crippen LogP contribution in [0.2, 0.25) is 5.02 Å². The van der Waals surface area contributed by atoms with Gasteiger partial charge in [0.1, 0.15) is 0 Å². The van der Waals surface area contributed by atoms with Crippen LogP contribution in [0.5, 0.6) is 0 Å². The maximum atomic E-state index is 6.33. The number of fused-ring (bicyclic) bond motifs is 1. The molecule has 0 spiro atoms. The summed E-state index contributed by atoms with van der Waals surface area (Å²) < 4.78 is 2.23. The molecule has 4 nitrogen and oxygen atoms in total. The van der Waals surface area contributed by atoms with Crippen LogP contribution in [0.1, 0.15) is 16.8 Å². The zero-order valence-electron chi connectivity index (χ0n) is 13.2. The Balaban J connectivity index is 2.08. The van der Waals surface area contributed by atoms with Crippen LogP contribution in [0.25, 0.3) is 10.9 Å². The van der Waals surface area contributed by atoms with E-state index in [0.29, 0.717) is 6.54 Å². The second-order valence-corrected chi connectivity index (χ2v) is 6.28. The zero-order chi connectivity index (χ0) is 17.1. The minimum atomic E-state index is 0.142. The predicted molar refractivity (Wildman–Crippen MR) is 105 cm³/mol. The monoisotopic (exact) mass is 356 g/mol. The third-order valence-electron chi connectivity index (χ3n) is 3.93. The highest BCUT2D eigenvalue weighted by molar-refractivity contribution is 7.80. The molecular weight excluding hydrogens is 340 g/mol. The fourth-order valence-corrected chi connectivity index (χ4v) is 3.03. The van der Waals surface area contributed by atoms with Crippen molar-refractivity contribution in [2.24, 2.45) is 10.8 Å². The summed E-state index contributed by atoms with van der Waals surface area (Å²) >= 11 is 11.1. The molecule has 0 amide bonds. The number of nitrogens with one attached hydrogen (secondary N) is 1. The molecule has 0 fully saturated rings. The SMILES string of the molecule is Cc1c(/C=N\NC(N)=S)c2ccccc2n1Cc1ccccc1Cl. The lowest BCUT2D eigenvalue weighted by molar-refractivity contribution is 0.804. The van der Waals surface area contributed by atoms with Crippen LogP contribution >= 0.6 is 23.8 Å². The first-order valence-electron chi connectivity index (χ1n) is 7.47. The summed E-state index contributed by atoms with van der Waals surface area (Å²) in [5.41, 5.74) is 12.4. The van der Waals surface area contributed by atoms with Gasteiger partial charge in [0.25, 0.3) is 0 Å². The van der Waals surface area contributed by atoms with Gasteiger partial charge in [0.15, 0.2) is 5.11 Å². The van der Waals surface area contributed by atoms with Gasteiger partial charge >= 0.3 is 0 Å². The highest BCUT2D eigenvalue weighted by atomic mass is 35.5. The lowest BCUT2D eigenvalue weighted by atomic mass is 10.1. The molecule has 1 aromatic heterocycles. The highest BCUT2D eigenvalue weighted by Gasteiger charge is 2.13. The highest BCUT2D eigenvalue weighted by Crippen LogP contribution is 2.27. The third kappa shape index (κ3) is 3.27. The fraction of sp³-hybridized carbons (Fsp3) is 0.111. The van der Waals surface area contributed by atoms with Gasteiger partial charge in [-0.3, -0.25) is 5.43 Å². The molecular formula is C18H17ClN4S. The summed E-state index contributed by atoms with van der Waals surface area (Å²) in [5.74, 6) is 0. The van der Waals surface area contributed by atoms with Gasteiger partial charge in [-0.1, -0.05) is 48.0 Å². The standard InChI is InChI=1S/C18H17ClN4S/c1-12-15(10-21-22-18(20)24)14-7-3-5-9-17(14)23(12)11-13-6-2-4-8-16(13)19/h2-10H,11H2,1H3,(H3,20,22,24)/b21-10-. The molecule has 0 radical (unpaired) electrons. The maximum Gasteiger partial charge on any atom is 0.184 e. The fourth-order valence-electron chi connectivity index (χ4n) is 2.78. The lowest BCUT2D eigenvalue weighted by Crippen LogP contribution is -2.24. The molecule has 3 aromatic rings. The molecule has 6 heteroatoms. The van der Waals surface area contributed by atoms with E-state index in [-0.39, 0.29) is 5.11 Å². The van der Waals surface area contributed by atoms with Crippen molar-refractivity contribution in [1.29, 1.82) is 0 Å². The number of hydrogen-bond donors (Lipinski definition) is 2. The maximum absolute atomic E-state index is 6.33. The zero-order valence-corrected chi connectivity index (χ0v) is 14.7. The van der Waals surface area contributed by atoms with E-state index in [1.807, 2.05) is 36.4 Å². The van der Waals surface area contributed by atoms with Crippen molar-refractivity contribution in [3.8, 4) is 0 Å². The van der Waals surface area contributed by atoms with Crippen LogP contribution in [-0.2, 0) is 6.54 Å². The smallest absolute Gasteiger partial charge is 0.184 e. The molecule has 24 heavy (non-hydrogen) atoms. The number of para-hydroxylation sites is 1. The average Bonchev–Trinajstić information content (AvgIpc) is 2.82. The van der Waals surface area contributed by atoms with E-state index < -0.39 is 0 Å². The molecule has 3 rings (SSSR count). The molecule has 0 aliphatic rings. The number of rotatable bonds is 4. The average molecular weight is 357 g/mol. The molecule has 0 atom stereocenters. The number of nitrogens with two attached hydrogens (primary N) is 1. The van der Waals surface area contributed by atoms with Crippen molar-refractivity contribution in [1.82, 2.24) is 9.99 Å². The van der Waals surface area contributed by atoms with Gasteiger partial charge in [-0.15, -0.1) is 0 Å². The number of nitrogens with zero attached hydrogens (tertiary/aromatic N) is 2. The van der Waals surface area contributed by atoms with Crippen LogP contribution in [0.3, 0.4) is 0 Å². The molecule has 1 heterocycles. The van der Waals surface area contributed by atoms with Crippen LogP contribution < -0.4 is 11.2 Å². The normalized spacial score (nSPS) is 11.2. The van der Waals surface area contributed by atoms with E-state index in [0.717, 1.165) is 32.7 Å². The second-order valence-electron chi connectivity index (χ2n) is 5.43.